The average Bonchev–Trinajstić information content (AvgIpc) is 2.65. The highest BCUT2D eigenvalue weighted by atomic mass is 32.2. The first-order chi connectivity index (χ1) is 9.79. The van der Waals surface area contributed by atoms with E-state index in [9.17, 15) is 19.5 Å². The number of thioether (sulfide) groups is 1. The van der Waals surface area contributed by atoms with Gasteiger partial charge in [0.2, 0.25) is 11.8 Å². The van der Waals surface area contributed by atoms with E-state index in [1.807, 2.05) is 26.8 Å². The molecule has 7 heteroatoms. The Kier molecular flexibility index (Phi) is 4.32. The Morgan fingerprint density at radius 3 is 2.67 bits per heavy atom. The maximum Gasteiger partial charge on any atom is 0.327 e. The summed E-state index contributed by atoms with van der Waals surface area (Å²) in [5.74, 6) is -1.52. The van der Waals surface area contributed by atoms with Crippen molar-refractivity contribution >= 4 is 29.5 Å². The molecule has 2 aliphatic heterocycles. The van der Waals surface area contributed by atoms with Gasteiger partial charge >= 0.3 is 5.97 Å². The zero-order chi connectivity index (χ0) is 15.8. The van der Waals surface area contributed by atoms with Crippen LogP contribution in [-0.2, 0) is 14.4 Å². The van der Waals surface area contributed by atoms with Crippen molar-refractivity contribution in [1.82, 2.24) is 10.2 Å². The van der Waals surface area contributed by atoms with Crippen LogP contribution in [0, 0.1) is 0 Å². The molecule has 3 unspecified atom stereocenters. The van der Waals surface area contributed by atoms with Gasteiger partial charge in [-0.2, -0.15) is 0 Å². The summed E-state index contributed by atoms with van der Waals surface area (Å²) in [4.78, 5) is 36.6. The number of carbonyl (C=O) groups is 3. The molecule has 2 rings (SSSR count). The summed E-state index contributed by atoms with van der Waals surface area (Å²) in [5.41, 5.74) is 0. The number of hydrogen-bond acceptors (Lipinski definition) is 4. The van der Waals surface area contributed by atoms with Crippen LogP contribution in [-0.4, -0.2) is 50.0 Å². The number of β-lactam (4-membered cyclic amide) rings is 1. The zero-order valence-corrected chi connectivity index (χ0v) is 13.1. The summed E-state index contributed by atoms with van der Waals surface area (Å²) in [6.45, 7) is 5.60. The first-order valence-electron chi connectivity index (χ1n) is 6.96. The SMILES string of the molecule is CCC=CCC(=O)NC1C(=O)N2C1SC(C)(C)C2C(=O)O. The molecule has 2 fully saturated rings. The lowest BCUT2D eigenvalue weighted by molar-refractivity contribution is -0.161. The lowest BCUT2D eigenvalue weighted by atomic mass is 9.96. The fourth-order valence-electron chi connectivity index (χ4n) is 2.73. The molecule has 2 N–H and O–H groups in total. The largest absolute Gasteiger partial charge is 0.480 e. The van der Waals surface area contributed by atoms with Gasteiger partial charge < -0.3 is 15.3 Å². The molecule has 0 saturated carbocycles. The molecule has 0 spiro atoms. The van der Waals surface area contributed by atoms with E-state index in [0.29, 0.717) is 0 Å². The number of rotatable bonds is 5. The summed E-state index contributed by atoms with van der Waals surface area (Å²) in [6.07, 6.45) is 4.75. The number of carbonyl (C=O) groups excluding carboxylic acids is 2. The molecule has 6 nitrogen and oxygen atoms in total. The van der Waals surface area contributed by atoms with E-state index in [0.717, 1.165) is 6.42 Å². The number of hydrogen-bond donors (Lipinski definition) is 2. The third-order valence-electron chi connectivity index (χ3n) is 3.70. The van der Waals surface area contributed by atoms with Crippen LogP contribution in [0.5, 0.6) is 0 Å². The molecule has 116 valence electrons. The van der Waals surface area contributed by atoms with Crippen molar-refractivity contribution in [2.75, 3.05) is 0 Å². The molecular weight excluding hydrogens is 292 g/mol. The van der Waals surface area contributed by atoms with E-state index in [-0.39, 0.29) is 23.6 Å². The minimum atomic E-state index is -1.00. The van der Waals surface area contributed by atoms with Crippen LogP contribution >= 0.6 is 11.8 Å². The first kappa shape index (κ1) is 15.9. The van der Waals surface area contributed by atoms with Crippen molar-refractivity contribution in [2.45, 2.75) is 55.8 Å². The third-order valence-corrected chi connectivity index (χ3v) is 5.27. The van der Waals surface area contributed by atoms with Crippen molar-refractivity contribution in [3.63, 3.8) is 0 Å². The molecule has 0 aromatic heterocycles. The molecule has 0 aliphatic carbocycles. The molecule has 0 aromatic rings. The highest BCUT2D eigenvalue weighted by molar-refractivity contribution is 8.01. The fraction of sp³-hybridized carbons (Fsp3) is 0.643. The number of nitrogens with one attached hydrogen (secondary N) is 1. The van der Waals surface area contributed by atoms with E-state index in [1.165, 1.54) is 16.7 Å². The van der Waals surface area contributed by atoms with Gasteiger partial charge in [-0.1, -0.05) is 19.1 Å². The second-order valence-corrected chi connectivity index (χ2v) is 7.50. The highest BCUT2D eigenvalue weighted by Crippen LogP contribution is 2.50. The van der Waals surface area contributed by atoms with E-state index in [2.05, 4.69) is 5.32 Å². The van der Waals surface area contributed by atoms with E-state index in [1.54, 1.807) is 6.08 Å². The molecule has 21 heavy (non-hydrogen) atoms. The van der Waals surface area contributed by atoms with Crippen LogP contribution in [0.3, 0.4) is 0 Å². The normalized spacial score (nSPS) is 30.1. The standard InChI is InChI=1S/C14H20N2O4S/c1-4-5-6-7-8(17)15-9-11(18)16-10(13(19)20)14(2,3)21-12(9)16/h5-6,9-10,12H,4,7H2,1-3H3,(H,15,17)(H,19,20). The minimum absolute atomic E-state index is 0.213. The molecule has 3 atom stereocenters. The topological polar surface area (TPSA) is 86.7 Å². The Morgan fingerprint density at radius 2 is 2.10 bits per heavy atom. The zero-order valence-electron chi connectivity index (χ0n) is 12.3. The van der Waals surface area contributed by atoms with Gasteiger partial charge in [-0.15, -0.1) is 11.8 Å². The predicted molar refractivity (Wildman–Crippen MR) is 79.7 cm³/mol. The van der Waals surface area contributed by atoms with Crippen molar-refractivity contribution in [2.24, 2.45) is 0 Å². The summed E-state index contributed by atoms with van der Waals surface area (Å²) < 4.78 is -0.562. The molecule has 2 amide bonds. The number of aliphatic carboxylic acids is 1. The van der Waals surface area contributed by atoms with Gasteiger partial charge in [0.05, 0.1) is 0 Å². The van der Waals surface area contributed by atoms with Crippen LogP contribution in [0.4, 0.5) is 0 Å². The summed E-state index contributed by atoms with van der Waals surface area (Å²) in [5, 5.41) is 11.7. The maximum atomic E-state index is 12.1. The Morgan fingerprint density at radius 1 is 1.43 bits per heavy atom. The molecule has 2 saturated heterocycles. The number of fused-ring (bicyclic) bond motifs is 1. The van der Waals surface area contributed by atoms with Crippen LogP contribution < -0.4 is 5.32 Å². The number of nitrogens with zero attached hydrogens (tertiary/aromatic N) is 1. The summed E-state index contributed by atoms with van der Waals surface area (Å²) >= 11 is 1.43. The van der Waals surface area contributed by atoms with Gasteiger partial charge in [-0.25, -0.2) is 4.79 Å². The Labute approximate surface area is 127 Å². The number of allylic oxidation sites excluding steroid dienone is 1. The van der Waals surface area contributed by atoms with Crippen LogP contribution in [0.15, 0.2) is 12.2 Å². The Balaban J connectivity index is 2.01. The lowest BCUT2D eigenvalue weighted by Gasteiger charge is -2.43. The maximum absolute atomic E-state index is 12.1. The Hall–Kier alpha value is -1.50. The van der Waals surface area contributed by atoms with E-state index < -0.39 is 22.8 Å². The number of carboxylic acid groups (broad SMARTS) is 1. The molecular formula is C14H20N2O4S. The monoisotopic (exact) mass is 312 g/mol. The number of carboxylic acids is 1. The molecule has 0 radical (unpaired) electrons. The smallest absolute Gasteiger partial charge is 0.327 e. The second kappa shape index (κ2) is 5.71. The van der Waals surface area contributed by atoms with Crippen LogP contribution in [0.25, 0.3) is 0 Å². The van der Waals surface area contributed by atoms with Crippen LogP contribution in [0.2, 0.25) is 0 Å². The first-order valence-corrected chi connectivity index (χ1v) is 7.84. The molecule has 0 aromatic carbocycles. The minimum Gasteiger partial charge on any atom is -0.480 e. The van der Waals surface area contributed by atoms with Gasteiger partial charge in [0.25, 0.3) is 0 Å². The van der Waals surface area contributed by atoms with Gasteiger partial charge in [0.15, 0.2) is 0 Å². The molecule has 2 aliphatic rings. The van der Waals surface area contributed by atoms with E-state index in [4.69, 9.17) is 0 Å². The van der Waals surface area contributed by atoms with Crippen LogP contribution in [0.1, 0.15) is 33.6 Å². The Bertz CT molecular complexity index is 503. The van der Waals surface area contributed by atoms with Crippen molar-refractivity contribution in [1.29, 1.82) is 0 Å². The average molecular weight is 312 g/mol. The highest BCUT2D eigenvalue weighted by Gasteiger charge is 2.64. The lowest BCUT2D eigenvalue weighted by Crippen LogP contribution is -2.70. The quantitative estimate of drug-likeness (QED) is 0.583. The number of amides is 2. The second-order valence-electron chi connectivity index (χ2n) is 5.73. The van der Waals surface area contributed by atoms with Gasteiger partial charge in [-0.3, -0.25) is 9.59 Å². The van der Waals surface area contributed by atoms with Gasteiger partial charge in [0, 0.05) is 11.2 Å². The van der Waals surface area contributed by atoms with Crippen molar-refractivity contribution in [3.8, 4) is 0 Å². The molecule has 2 heterocycles. The van der Waals surface area contributed by atoms with Gasteiger partial charge in [0.1, 0.15) is 17.5 Å². The summed E-state index contributed by atoms with van der Waals surface area (Å²) in [7, 11) is 0. The van der Waals surface area contributed by atoms with E-state index >= 15 is 0 Å². The third kappa shape index (κ3) is 2.79. The predicted octanol–water partition coefficient (Wildman–Crippen LogP) is 0.974. The van der Waals surface area contributed by atoms with Crippen molar-refractivity contribution in [3.05, 3.63) is 12.2 Å². The van der Waals surface area contributed by atoms with Crippen molar-refractivity contribution < 1.29 is 19.5 Å². The van der Waals surface area contributed by atoms with Gasteiger partial charge in [-0.05, 0) is 20.3 Å². The molecule has 0 bridgehead atoms. The summed E-state index contributed by atoms with van der Waals surface area (Å²) in [6, 6.07) is -1.45. The fourth-order valence-corrected chi connectivity index (χ4v) is 4.36.